The zero-order valence-corrected chi connectivity index (χ0v) is 9.07. The van der Waals surface area contributed by atoms with Gasteiger partial charge in [0.05, 0.1) is 25.1 Å². The summed E-state index contributed by atoms with van der Waals surface area (Å²) in [6, 6.07) is 0. The van der Waals surface area contributed by atoms with Crippen molar-refractivity contribution in [2.24, 2.45) is 11.8 Å². The summed E-state index contributed by atoms with van der Waals surface area (Å²) >= 11 is 0. The molecule has 0 heterocycles. The minimum atomic E-state index is -3.46. The average molecular weight is 224 g/mol. The number of aliphatic hydroxyl groups is 2. The first kappa shape index (κ1) is 11.9. The molecule has 1 saturated carbocycles. The topological polar surface area (TPSA) is 83.8 Å². The fourth-order valence-electron chi connectivity index (χ4n) is 1.75. The Kier molecular flexibility index (Phi) is 3.52. The fourth-order valence-corrected chi connectivity index (χ4v) is 2.17. The molecule has 0 saturated heterocycles. The zero-order valence-electron chi connectivity index (χ0n) is 8.25. The predicted octanol–water partition coefficient (Wildman–Crippen LogP) is -0.660. The summed E-state index contributed by atoms with van der Waals surface area (Å²) in [5.41, 5.74) is 0. The van der Waals surface area contributed by atoms with Gasteiger partial charge in [-0.2, -0.15) is 8.42 Å². The maximum Gasteiger partial charge on any atom is 0.264 e. The van der Waals surface area contributed by atoms with Crippen LogP contribution in [0.25, 0.3) is 0 Å². The van der Waals surface area contributed by atoms with Crippen LogP contribution in [0.4, 0.5) is 0 Å². The highest BCUT2D eigenvalue weighted by Crippen LogP contribution is 2.31. The maximum absolute atomic E-state index is 10.7. The SMILES string of the molecule is C[C@@H]1C[C@H](COS(C)(=O)=O)[C@@H](O)[C@H]1O. The molecule has 0 aromatic heterocycles. The van der Waals surface area contributed by atoms with Crippen LogP contribution in [0.2, 0.25) is 0 Å². The summed E-state index contributed by atoms with van der Waals surface area (Å²) in [7, 11) is -3.46. The van der Waals surface area contributed by atoms with Gasteiger partial charge < -0.3 is 10.2 Å². The van der Waals surface area contributed by atoms with Crippen molar-refractivity contribution >= 4 is 10.1 Å². The van der Waals surface area contributed by atoms with Crippen LogP contribution in [-0.2, 0) is 14.3 Å². The molecule has 6 heteroatoms. The summed E-state index contributed by atoms with van der Waals surface area (Å²) in [4.78, 5) is 0. The molecule has 1 aliphatic carbocycles. The molecular formula is C8H16O5S. The minimum Gasteiger partial charge on any atom is -0.390 e. The summed E-state index contributed by atoms with van der Waals surface area (Å²) in [6.07, 6.45) is -0.110. The summed E-state index contributed by atoms with van der Waals surface area (Å²) in [6.45, 7) is 1.76. The van der Waals surface area contributed by atoms with Gasteiger partial charge in [0.1, 0.15) is 0 Å². The van der Waals surface area contributed by atoms with Gasteiger partial charge in [-0.1, -0.05) is 6.92 Å². The van der Waals surface area contributed by atoms with E-state index in [0.717, 1.165) is 6.26 Å². The van der Waals surface area contributed by atoms with Crippen LogP contribution in [-0.4, -0.2) is 43.7 Å². The third-order valence-corrected chi connectivity index (χ3v) is 3.15. The molecule has 0 aromatic carbocycles. The molecule has 14 heavy (non-hydrogen) atoms. The first-order chi connectivity index (χ1) is 6.31. The highest BCUT2D eigenvalue weighted by atomic mass is 32.2. The zero-order chi connectivity index (χ0) is 10.9. The Morgan fingerprint density at radius 2 is 1.93 bits per heavy atom. The van der Waals surface area contributed by atoms with Gasteiger partial charge in [-0.15, -0.1) is 0 Å². The molecular weight excluding hydrogens is 208 g/mol. The van der Waals surface area contributed by atoms with E-state index in [4.69, 9.17) is 0 Å². The number of rotatable bonds is 3. The molecule has 0 aromatic rings. The van der Waals surface area contributed by atoms with Gasteiger partial charge in [-0.3, -0.25) is 4.18 Å². The van der Waals surface area contributed by atoms with Crippen LogP contribution >= 0.6 is 0 Å². The van der Waals surface area contributed by atoms with E-state index in [2.05, 4.69) is 4.18 Å². The lowest BCUT2D eigenvalue weighted by molar-refractivity contribution is -0.000861. The van der Waals surface area contributed by atoms with E-state index in [9.17, 15) is 18.6 Å². The molecule has 1 rings (SSSR count). The maximum atomic E-state index is 10.7. The molecule has 0 bridgehead atoms. The largest absolute Gasteiger partial charge is 0.390 e. The van der Waals surface area contributed by atoms with Gasteiger partial charge >= 0.3 is 0 Å². The standard InChI is InChI=1S/C8H16O5S/c1-5-3-6(8(10)7(5)9)4-13-14(2,11)12/h5-10H,3-4H2,1-2H3/t5-,6-,7+,8-/m1/s1. The third kappa shape index (κ3) is 2.91. The first-order valence-electron chi connectivity index (χ1n) is 4.52. The number of hydrogen-bond acceptors (Lipinski definition) is 5. The van der Waals surface area contributed by atoms with E-state index in [0.29, 0.717) is 6.42 Å². The fraction of sp³-hybridized carbons (Fsp3) is 1.00. The molecule has 1 aliphatic rings. The highest BCUT2D eigenvalue weighted by molar-refractivity contribution is 7.85. The van der Waals surface area contributed by atoms with Crippen LogP contribution in [0.1, 0.15) is 13.3 Å². The molecule has 0 unspecified atom stereocenters. The molecule has 0 radical (unpaired) electrons. The van der Waals surface area contributed by atoms with Crippen LogP contribution in [0, 0.1) is 11.8 Å². The van der Waals surface area contributed by atoms with Crippen LogP contribution < -0.4 is 0 Å². The van der Waals surface area contributed by atoms with Gasteiger partial charge in [-0.05, 0) is 12.3 Å². The van der Waals surface area contributed by atoms with Gasteiger partial charge in [0.15, 0.2) is 0 Å². The lowest BCUT2D eigenvalue weighted by Gasteiger charge is -2.15. The molecule has 84 valence electrons. The van der Waals surface area contributed by atoms with E-state index in [1.165, 1.54) is 0 Å². The van der Waals surface area contributed by atoms with E-state index >= 15 is 0 Å². The van der Waals surface area contributed by atoms with Crippen molar-refractivity contribution in [3.63, 3.8) is 0 Å². The van der Waals surface area contributed by atoms with E-state index < -0.39 is 22.3 Å². The van der Waals surface area contributed by atoms with Crippen LogP contribution in [0.15, 0.2) is 0 Å². The van der Waals surface area contributed by atoms with E-state index in [1.54, 1.807) is 0 Å². The normalized spacial score (nSPS) is 38.9. The van der Waals surface area contributed by atoms with E-state index in [1.807, 2.05) is 6.92 Å². The van der Waals surface area contributed by atoms with Crippen LogP contribution in [0.3, 0.4) is 0 Å². The Morgan fingerprint density at radius 3 is 2.29 bits per heavy atom. The lowest BCUT2D eigenvalue weighted by Crippen LogP contribution is -2.29. The second-order valence-electron chi connectivity index (χ2n) is 3.94. The Hall–Kier alpha value is -0.170. The predicted molar refractivity (Wildman–Crippen MR) is 50.1 cm³/mol. The summed E-state index contributed by atoms with van der Waals surface area (Å²) < 4.78 is 26.0. The Balaban J connectivity index is 2.48. The first-order valence-corrected chi connectivity index (χ1v) is 6.33. The quantitative estimate of drug-likeness (QED) is 0.622. The van der Waals surface area contributed by atoms with E-state index in [-0.39, 0.29) is 18.4 Å². The summed E-state index contributed by atoms with van der Waals surface area (Å²) in [5.74, 6) is -0.312. The van der Waals surface area contributed by atoms with Crippen molar-refractivity contribution in [2.45, 2.75) is 25.6 Å². The second kappa shape index (κ2) is 4.14. The lowest BCUT2D eigenvalue weighted by atomic mass is 10.1. The monoisotopic (exact) mass is 224 g/mol. The van der Waals surface area contributed by atoms with Crippen molar-refractivity contribution in [2.75, 3.05) is 12.9 Å². The average Bonchev–Trinajstić information content (AvgIpc) is 2.28. The molecule has 0 amide bonds. The molecule has 0 aliphatic heterocycles. The number of aliphatic hydroxyl groups excluding tert-OH is 2. The van der Waals surface area contributed by atoms with Gasteiger partial charge in [-0.25, -0.2) is 0 Å². The Bertz CT molecular complexity index is 286. The molecule has 1 fully saturated rings. The highest BCUT2D eigenvalue weighted by Gasteiger charge is 2.39. The van der Waals surface area contributed by atoms with Crippen molar-refractivity contribution in [3.8, 4) is 0 Å². The van der Waals surface area contributed by atoms with Gasteiger partial charge in [0.25, 0.3) is 10.1 Å². The molecule has 0 spiro atoms. The number of hydrogen-bond donors (Lipinski definition) is 2. The Labute approximate surface area is 83.8 Å². The molecule has 4 atom stereocenters. The summed E-state index contributed by atoms with van der Waals surface area (Å²) in [5, 5.41) is 18.9. The van der Waals surface area contributed by atoms with Crippen LogP contribution in [0.5, 0.6) is 0 Å². The Morgan fingerprint density at radius 1 is 1.36 bits per heavy atom. The van der Waals surface area contributed by atoms with Crippen molar-refractivity contribution in [1.82, 2.24) is 0 Å². The third-order valence-electron chi connectivity index (χ3n) is 2.59. The van der Waals surface area contributed by atoms with Gasteiger partial charge in [0, 0.05) is 5.92 Å². The van der Waals surface area contributed by atoms with Gasteiger partial charge in [0.2, 0.25) is 0 Å². The molecule has 2 N–H and O–H groups in total. The van der Waals surface area contributed by atoms with Crippen molar-refractivity contribution in [1.29, 1.82) is 0 Å². The minimum absolute atomic E-state index is 0.0156. The smallest absolute Gasteiger partial charge is 0.264 e. The van der Waals surface area contributed by atoms with Crippen molar-refractivity contribution < 1.29 is 22.8 Å². The van der Waals surface area contributed by atoms with Crippen molar-refractivity contribution in [3.05, 3.63) is 0 Å². The molecule has 5 nitrogen and oxygen atoms in total. The second-order valence-corrected chi connectivity index (χ2v) is 5.59.